The number of carbonyl (C=O) groups excluding carboxylic acids is 2. The summed E-state index contributed by atoms with van der Waals surface area (Å²) in [5.74, 6) is 1.80. The average molecular weight is 574 g/mol. The molecule has 1 aliphatic carbocycles. The van der Waals surface area contributed by atoms with Gasteiger partial charge in [-0.3, -0.25) is 14.5 Å². The van der Waals surface area contributed by atoms with Crippen LogP contribution in [0.25, 0.3) is 0 Å². The number of nitrogens with one attached hydrogen (secondary N) is 2. The van der Waals surface area contributed by atoms with Crippen molar-refractivity contribution in [3.05, 3.63) is 83.0 Å². The van der Waals surface area contributed by atoms with Gasteiger partial charge in [0.1, 0.15) is 17.3 Å². The van der Waals surface area contributed by atoms with Crippen molar-refractivity contribution in [2.75, 3.05) is 45.7 Å². The molecule has 2 aliphatic rings. The van der Waals surface area contributed by atoms with Gasteiger partial charge in [-0.15, -0.1) is 0 Å². The van der Waals surface area contributed by atoms with E-state index >= 15 is 0 Å². The Bertz CT molecular complexity index is 1380. The third-order valence-electron chi connectivity index (χ3n) is 8.06. The zero-order valence-electron chi connectivity index (χ0n) is 24.4. The lowest BCUT2D eigenvalue weighted by Crippen LogP contribution is -2.56. The van der Waals surface area contributed by atoms with Gasteiger partial charge in [0, 0.05) is 69.1 Å². The van der Waals surface area contributed by atoms with E-state index in [2.05, 4.69) is 44.8 Å². The van der Waals surface area contributed by atoms with Crippen LogP contribution in [0.3, 0.4) is 0 Å². The SMILES string of the molecule is COc1ccc(CN(CC(O)CNC(=O)c2ccnc(NC3CN(C(C)=O)C3)c2)C2Cc3ccccc3C2)c(OC)c1. The van der Waals surface area contributed by atoms with Crippen molar-refractivity contribution in [2.24, 2.45) is 0 Å². The number of anilines is 1. The molecule has 222 valence electrons. The van der Waals surface area contributed by atoms with Crippen LogP contribution in [0.1, 0.15) is 34.0 Å². The third kappa shape index (κ3) is 7.00. The van der Waals surface area contributed by atoms with E-state index in [0.717, 1.165) is 29.9 Å². The number of benzene rings is 2. The fourth-order valence-electron chi connectivity index (χ4n) is 5.67. The molecule has 42 heavy (non-hydrogen) atoms. The van der Waals surface area contributed by atoms with Crippen molar-refractivity contribution in [3.8, 4) is 11.5 Å². The van der Waals surface area contributed by atoms with Crippen LogP contribution >= 0.6 is 0 Å². The molecular formula is C32H39N5O5. The second kappa shape index (κ2) is 13.2. The summed E-state index contributed by atoms with van der Waals surface area (Å²) in [6, 6.07) is 17.9. The van der Waals surface area contributed by atoms with Crippen LogP contribution in [-0.4, -0.2) is 90.3 Å². The molecule has 1 saturated heterocycles. The zero-order valence-corrected chi connectivity index (χ0v) is 24.4. The van der Waals surface area contributed by atoms with Gasteiger partial charge < -0.3 is 30.1 Å². The van der Waals surface area contributed by atoms with Gasteiger partial charge in [0.2, 0.25) is 5.91 Å². The van der Waals surface area contributed by atoms with Crippen molar-refractivity contribution >= 4 is 17.6 Å². The number of nitrogens with zero attached hydrogens (tertiary/aromatic N) is 3. The van der Waals surface area contributed by atoms with Gasteiger partial charge in [-0.1, -0.05) is 30.3 Å². The predicted octanol–water partition coefficient (Wildman–Crippen LogP) is 2.50. The molecular weight excluding hydrogens is 534 g/mol. The van der Waals surface area contributed by atoms with E-state index < -0.39 is 6.10 Å². The molecule has 10 heteroatoms. The summed E-state index contributed by atoms with van der Waals surface area (Å²) >= 11 is 0. The summed E-state index contributed by atoms with van der Waals surface area (Å²) in [6.45, 7) is 3.85. The Morgan fingerprint density at radius 2 is 1.81 bits per heavy atom. The molecule has 2 aromatic carbocycles. The second-order valence-electron chi connectivity index (χ2n) is 11.0. The van der Waals surface area contributed by atoms with E-state index in [9.17, 15) is 14.7 Å². The van der Waals surface area contributed by atoms with Crippen LogP contribution in [0.4, 0.5) is 5.82 Å². The third-order valence-corrected chi connectivity index (χ3v) is 8.06. The molecule has 1 fully saturated rings. The van der Waals surface area contributed by atoms with Crippen molar-refractivity contribution < 1.29 is 24.2 Å². The molecule has 1 atom stereocenters. The number of hydrogen-bond donors (Lipinski definition) is 3. The molecule has 1 aromatic heterocycles. The monoisotopic (exact) mass is 573 g/mol. The van der Waals surface area contributed by atoms with E-state index in [1.165, 1.54) is 11.1 Å². The number of rotatable bonds is 12. The molecule has 0 bridgehead atoms. The van der Waals surface area contributed by atoms with Crippen molar-refractivity contribution in [2.45, 2.75) is 44.5 Å². The Morgan fingerprint density at radius 1 is 1.07 bits per heavy atom. The number of amides is 2. The Balaban J connectivity index is 1.21. The second-order valence-corrected chi connectivity index (χ2v) is 11.0. The average Bonchev–Trinajstić information content (AvgIpc) is 3.41. The minimum Gasteiger partial charge on any atom is -0.497 e. The number of pyridine rings is 1. The summed E-state index contributed by atoms with van der Waals surface area (Å²) in [5.41, 5.74) is 4.11. The first-order valence-corrected chi connectivity index (χ1v) is 14.3. The topological polar surface area (TPSA) is 116 Å². The lowest BCUT2D eigenvalue weighted by atomic mass is 10.1. The van der Waals surface area contributed by atoms with Gasteiger partial charge in [-0.25, -0.2) is 4.98 Å². The molecule has 1 aliphatic heterocycles. The zero-order chi connectivity index (χ0) is 29.6. The standard InChI is InChI=1S/C32H39N5O5/c1-21(38)36-18-26(19-36)35-31-14-24(10-11-33-31)32(40)34-16-28(39)20-37(27-12-22-6-4-5-7-23(22)13-27)17-25-8-9-29(41-2)15-30(25)42-3/h4-11,14-15,26-28,39H,12-13,16-20H2,1-3H3,(H,33,35)(H,34,40). The number of carbonyl (C=O) groups is 2. The largest absolute Gasteiger partial charge is 0.497 e. The minimum absolute atomic E-state index is 0.0480. The van der Waals surface area contributed by atoms with Gasteiger partial charge in [-0.05, 0) is 42.2 Å². The molecule has 0 radical (unpaired) electrons. The fourth-order valence-corrected chi connectivity index (χ4v) is 5.67. The molecule has 5 rings (SSSR count). The van der Waals surface area contributed by atoms with Gasteiger partial charge >= 0.3 is 0 Å². The lowest BCUT2D eigenvalue weighted by Gasteiger charge is -2.39. The van der Waals surface area contributed by atoms with E-state index in [4.69, 9.17) is 9.47 Å². The smallest absolute Gasteiger partial charge is 0.251 e. The maximum absolute atomic E-state index is 13.0. The summed E-state index contributed by atoms with van der Waals surface area (Å²) in [5, 5.41) is 17.2. The molecule has 1 unspecified atom stereocenters. The van der Waals surface area contributed by atoms with Crippen LogP contribution in [-0.2, 0) is 24.2 Å². The van der Waals surface area contributed by atoms with E-state index in [1.54, 1.807) is 44.4 Å². The summed E-state index contributed by atoms with van der Waals surface area (Å²) < 4.78 is 11.0. The number of ether oxygens (including phenoxy) is 2. The van der Waals surface area contributed by atoms with E-state index in [0.29, 0.717) is 37.6 Å². The fraction of sp³-hybridized carbons (Fsp3) is 0.406. The number of aliphatic hydroxyl groups excluding tert-OH is 1. The first-order valence-electron chi connectivity index (χ1n) is 14.3. The maximum atomic E-state index is 13.0. The van der Waals surface area contributed by atoms with Gasteiger partial charge in [0.05, 0.1) is 26.4 Å². The van der Waals surface area contributed by atoms with Crippen LogP contribution < -0.4 is 20.1 Å². The van der Waals surface area contributed by atoms with Crippen molar-refractivity contribution in [1.82, 2.24) is 20.1 Å². The maximum Gasteiger partial charge on any atom is 0.251 e. The van der Waals surface area contributed by atoms with Crippen LogP contribution in [0.15, 0.2) is 60.8 Å². The van der Waals surface area contributed by atoms with Crippen LogP contribution in [0, 0.1) is 0 Å². The molecule has 3 N–H and O–H groups in total. The molecule has 3 aromatic rings. The number of aromatic nitrogens is 1. The molecule has 10 nitrogen and oxygen atoms in total. The molecule has 2 amide bonds. The number of fused-ring (bicyclic) bond motifs is 1. The van der Waals surface area contributed by atoms with Gasteiger partial charge in [0.25, 0.3) is 5.91 Å². The summed E-state index contributed by atoms with van der Waals surface area (Å²) in [6.07, 6.45) is 2.59. The normalized spacial score (nSPS) is 15.6. The highest BCUT2D eigenvalue weighted by molar-refractivity contribution is 5.94. The summed E-state index contributed by atoms with van der Waals surface area (Å²) in [4.78, 5) is 32.7. The molecule has 0 saturated carbocycles. The highest BCUT2D eigenvalue weighted by atomic mass is 16.5. The Kier molecular flexibility index (Phi) is 9.24. The van der Waals surface area contributed by atoms with E-state index in [-0.39, 0.29) is 30.4 Å². The highest BCUT2D eigenvalue weighted by Gasteiger charge is 2.30. The predicted molar refractivity (Wildman–Crippen MR) is 160 cm³/mol. The molecule has 0 spiro atoms. The Morgan fingerprint density at radius 3 is 2.48 bits per heavy atom. The lowest BCUT2D eigenvalue weighted by molar-refractivity contribution is -0.132. The quantitative estimate of drug-likeness (QED) is 0.303. The Labute approximate surface area is 246 Å². The number of methoxy groups -OCH3 is 2. The summed E-state index contributed by atoms with van der Waals surface area (Å²) in [7, 11) is 3.27. The first kappa shape index (κ1) is 29.3. The van der Waals surface area contributed by atoms with E-state index in [1.807, 2.05) is 18.2 Å². The highest BCUT2D eigenvalue weighted by Crippen LogP contribution is 2.30. The van der Waals surface area contributed by atoms with Crippen molar-refractivity contribution in [3.63, 3.8) is 0 Å². The first-order chi connectivity index (χ1) is 20.3. The van der Waals surface area contributed by atoms with Crippen molar-refractivity contribution in [1.29, 1.82) is 0 Å². The Hall–Kier alpha value is -4.15. The minimum atomic E-state index is -0.783. The van der Waals surface area contributed by atoms with Gasteiger partial charge in [0.15, 0.2) is 0 Å². The van der Waals surface area contributed by atoms with Crippen LogP contribution in [0.2, 0.25) is 0 Å². The molecule has 2 heterocycles. The van der Waals surface area contributed by atoms with Crippen LogP contribution in [0.5, 0.6) is 11.5 Å². The number of hydrogen-bond acceptors (Lipinski definition) is 8. The van der Waals surface area contributed by atoms with Gasteiger partial charge in [-0.2, -0.15) is 0 Å². The number of aliphatic hydroxyl groups is 1. The number of likely N-dealkylation sites (tertiary alicyclic amines) is 1.